The molecule has 0 amide bonds. The second-order valence-electron chi connectivity index (χ2n) is 5.83. The number of hydrogen-bond acceptors (Lipinski definition) is 3. The van der Waals surface area contributed by atoms with Crippen LogP contribution in [-0.4, -0.2) is 41.4 Å². The number of alkyl halides is 1. The summed E-state index contributed by atoms with van der Waals surface area (Å²) in [5, 5.41) is 0.890. The summed E-state index contributed by atoms with van der Waals surface area (Å²) in [6.07, 6.45) is 3.44. The summed E-state index contributed by atoms with van der Waals surface area (Å²) in [5.74, 6) is 0.205. The summed E-state index contributed by atoms with van der Waals surface area (Å²) in [6, 6.07) is 10.4. The van der Waals surface area contributed by atoms with E-state index in [0.29, 0.717) is 23.6 Å². The number of halogens is 1. The summed E-state index contributed by atoms with van der Waals surface area (Å²) in [7, 11) is 2.20. The van der Waals surface area contributed by atoms with Crippen molar-refractivity contribution in [2.45, 2.75) is 37.5 Å². The van der Waals surface area contributed by atoms with E-state index in [1.807, 2.05) is 30.3 Å². The number of esters is 1. The van der Waals surface area contributed by atoms with Gasteiger partial charge >= 0.3 is 5.97 Å². The normalized spacial score (nSPS) is 33.1. The standard InChI is InChI=1S/C16H20BrNO2/c1-18-12-7-8-14(18)13(10-17)15(9-12)20-16(19)11-5-3-2-4-6-11/h2-6,12-15H,7-10H2,1H3/t12-,13-,14?,15?/m1/s1. The zero-order chi connectivity index (χ0) is 14.1. The van der Waals surface area contributed by atoms with Gasteiger partial charge in [-0.05, 0) is 32.0 Å². The lowest BCUT2D eigenvalue weighted by molar-refractivity contribution is -0.0269. The fraction of sp³-hybridized carbons (Fsp3) is 0.562. The number of carbonyl (C=O) groups is 1. The largest absolute Gasteiger partial charge is 0.458 e. The van der Waals surface area contributed by atoms with Crippen molar-refractivity contribution in [1.29, 1.82) is 0 Å². The van der Waals surface area contributed by atoms with Gasteiger partial charge in [-0.2, -0.15) is 0 Å². The molecule has 0 radical (unpaired) electrons. The van der Waals surface area contributed by atoms with Gasteiger partial charge in [0.25, 0.3) is 0 Å². The van der Waals surface area contributed by atoms with E-state index in [1.165, 1.54) is 12.8 Å². The minimum absolute atomic E-state index is 0.0378. The molecule has 2 fully saturated rings. The number of fused-ring (bicyclic) bond motifs is 2. The van der Waals surface area contributed by atoms with Crippen molar-refractivity contribution in [1.82, 2.24) is 4.90 Å². The Morgan fingerprint density at radius 2 is 2.10 bits per heavy atom. The van der Waals surface area contributed by atoms with E-state index >= 15 is 0 Å². The van der Waals surface area contributed by atoms with Crippen molar-refractivity contribution in [3.63, 3.8) is 0 Å². The smallest absolute Gasteiger partial charge is 0.338 e. The molecule has 3 nitrogen and oxygen atoms in total. The van der Waals surface area contributed by atoms with E-state index in [-0.39, 0.29) is 12.1 Å². The van der Waals surface area contributed by atoms with Crippen molar-refractivity contribution in [2.75, 3.05) is 12.4 Å². The number of nitrogens with zero attached hydrogens (tertiary/aromatic N) is 1. The van der Waals surface area contributed by atoms with Gasteiger partial charge in [-0.1, -0.05) is 34.1 Å². The number of piperidine rings is 1. The Labute approximate surface area is 128 Å². The molecule has 108 valence electrons. The number of benzene rings is 1. The predicted octanol–water partition coefficient (Wildman–Crippen LogP) is 3.09. The molecule has 0 N–H and O–H groups in total. The van der Waals surface area contributed by atoms with Gasteiger partial charge in [0.1, 0.15) is 6.10 Å². The van der Waals surface area contributed by atoms with Gasteiger partial charge in [0.15, 0.2) is 0 Å². The summed E-state index contributed by atoms with van der Waals surface area (Å²) in [4.78, 5) is 14.7. The minimum atomic E-state index is -0.189. The van der Waals surface area contributed by atoms with Gasteiger partial charge in [0, 0.05) is 29.8 Å². The van der Waals surface area contributed by atoms with Crippen molar-refractivity contribution in [3.8, 4) is 0 Å². The van der Waals surface area contributed by atoms with Gasteiger partial charge in [-0.3, -0.25) is 4.90 Å². The monoisotopic (exact) mass is 337 g/mol. The predicted molar refractivity (Wildman–Crippen MR) is 82.1 cm³/mol. The highest BCUT2D eigenvalue weighted by Crippen LogP contribution is 2.40. The van der Waals surface area contributed by atoms with E-state index in [0.717, 1.165) is 11.8 Å². The van der Waals surface area contributed by atoms with E-state index in [4.69, 9.17) is 4.74 Å². The number of carbonyl (C=O) groups excluding carboxylic acids is 1. The van der Waals surface area contributed by atoms with Crippen molar-refractivity contribution < 1.29 is 9.53 Å². The van der Waals surface area contributed by atoms with E-state index in [2.05, 4.69) is 27.9 Å². The first-order valence-corrected chi connectivity index (χ1v) is 8.36. The lowest BCUT2D eigenvalue weighted by atomic mass is 9.89. The lowest BCUT2D eigenvalue weighted by Crippen LogP contribution is -2.51. The van der Waals surface area contributed by atoms with Gasteiger partial charge in [-0.25, -0.2) is 4.79 Å². The Morgan fingerprint density at radius 1 is 1.35 bits per heavy atom. The number of ether oxygens (including phenoxy) is 1. The third kappa shape index (κ3) is 2.51. The molecule has 0 saturated carbocycles. The van der Waals surface area contributed by atoms with Crippen LogP contribution >= 0.6 is 15.9 Å². The Kier molecular flexibility index (Phi) is 4.13. The second-order valence-corrected chi connectivity index (χ2v) is 6.48. The van der Waals surface area contributed by atoms with Crippen LogP contribution < -0.4 is 0 Å². The maximum Gasteiger partial charge on any atom is 0.338 e. The van der Waals surface area contributed by atoms with Gasteiger partial charge in [0.05, 0.1) is 5.56 Å². The van der Waals surface area contributed by atoms with Crippen LogP contribution in [0.5, 0.6) is 0 Å². The summed E-state index contributed by atoms with van der Waals surface area (Å²) in [5.41, 5.74) is 0.645. The number of hydrogen-bond donors (Lipinski definition) is 0. The first-order chi connectivity index (χ1) is 9.70. The van der Waals surface area contributed by atoms with E-state index in [1.54, 1.807) is 0 Å². The molecular formula is C16H20BrNO2. The summed E-state index contributed by atoms with van der Waals surface area (Å²) < 4.78 is 5.81. The van der Waals surface area contributed by atoms with Crippen LogP contribution in [0.25, 0.3) is 0 Å². The first-order valence-electron chi connectivity index (χ1n) is 7.24. The van der Waals surface area contributed by atoms with Crippen molar-refractivity contribution in [2.24, 2.45) is 5.92 Å². The molecule has 4 heteroatoms. The van der Waals surface area contributed by atoms with Gasteiger partial charge in [0.2, 0.25) is 0 Å². The van der Waals surface area contributed by atoms with Crippen molar-refractivity contribution in [3.05, 3.63) is 35.9 Å². The highest BCUT2D eigenvalue weighted by atomic mass is 79.9. The first kappa shape index (κ1) is 14.1. The van der Waals surface area contributed by atoms with Crippen LogP contribution in [0.1, 0.15) is 29.6 Å². The van der Waals surface area contributed by atoms with Crippen LogP contribution in [0.2, 0.25) is 0 Å². The van der Waals surface area contributed by atoms with Crippen LogP contribution in [0, 0.1) is 5.92 Å². The topological polar surface area (TPSA) is 29.5 Å². The average Bonchev–Trinajstić information content (AvgIpc) is 2.73. The molecule has 2 aliphatic rings. The Balaban J connectivity index is 1.72. The van der Waals surface area contributed by atoms with Crippen LogP contribution in [0.3, 0.4) is 0 Å². The summed E-state index contributed by atoms with van der Waals surface area (Å²) >= 11 is 3.61. The molecule has 1 aromatic carbocycles. The second kappa shape index (κ2) is 5.86. The van der Waals surface area contributed by atoms with Gasteiger partial charge in [-0.15, -0.1) is 0 Å². The van der Waals surface area contributed by atoms with Crippen LogP contribution in [-0.2, 0) is 4.74 Å². The molecule has 2 bridgehead atoms. The Bertz CT molecular complexity index is 479. The molecule has 2 saturated heterocycles. The zero-order valence-corrected chi connectivity index (χ0v) is 13.3. The lowest BCUT2D eigenvalue weighted by Gasteiger charge is -2.41. The molecule has 1 aromatic rings. The quantitative estimate of drug-likeness (QED) is 0.627. The molecule has 4 atom stereocenters. The molecule has 2 heterocycles. The fourth-order valence-electron chi connectivity index (χ4n) is 3.65. The Morgan fingerprint density at radius 3 is 2.80 bits per heavy atom. The molecule has 20 heavy (non-hydrogen) atoms. The molecule has 2 unspecified atom stereocenters. The van der Waals surface area contributed by atoms with E-state index < -0.39 is 0 Å². The molecular weight excluding hydrogens is 318 g/mol. The minimum Gasteiger partial charge on any atom is -0.458 e. The van der Waals surface area contributed by atoms with Crippen LogP contribution in [0.4, 0.5) is 0 Å². The summed E-state index contributed by atoms with van der Waals surface area (Å²) in [6.45, 7) is 0. The Hall–Kier alpha value is -0.870. The third-order valence-electron chi connectivity index (χ3n) is 4.82. The highest BCUT2D eigenvalue weighted by Gasteiger charge is 2.46. The van der Waals surface area contributed by atoms with Gasteiger partial charge < -0.3 is 4.74 Å². The molecule has 0 aromatic heterocycles. The molecule has 0 spiro atoms. The van der Waals surface area contributed by atoms with Crippen molar-refractivity contribution >= 4 is 21.9 Å². The zero-order valence-electron chi connectivity index (χ0n) is 11.7. The molecule has 2 aliphatic heterocycles. The highest BCUT2D eigenvalue weighted by molar-refractivity contribution is 9.09. The van der Waals surface area contributed by atoms with Crippen LogP contribution in [0.15, 0.2) is 30.3 Å². The molecule has 0 aliphatic carbocycles. The number of rotatable bonds is 3. The maximum absolute atomic E-state index is 12.2. The van der Waals surface area contributed by atoms with E-state index in [9.17, 15) is 4.79 Å². The SMILES string of the molecule is CN1C2CC[C@@H]1CC(OC(=O)c1ccccc1)[C@@H]2CBr. The fourth-order valence-corrected chi connectivity index (χ4v) is 4.50. The maximum atomic E-state index is 12.2. The average molecular weight is 338 g/mol. The third-order valence-corrected chi connectivity index (χ3v) is 5.56. The molecule has 3 rings (SSSR count).